The lowest BCUT2D eigenvalue weighted by Gasteiger charge is -2.19. The number of carbonyl (C=O) groups is 3. The number of amides is 3. The number of nitrogens with one attached hydrogen (secondary N) is 3. The second-order valence-corrected chi connectivity index (χ2v) is 12.5. The first-order valence-electron chi connectivity index (χ1n) is 16.3. The molecule has 0 radical (unpaired) electrons. The van der Waals surface area contributed by atoms with Crippen molar-refractivity contribution in [3.8, 4) is 28.7 Å². The zero-order valence-electron chi connectivity index (χ0n) is 29.8. The molecule has 3 N–H and O–H groups in total. The van der Waals surface area contributed by atoms with Crippen molar-refractivity contribution in [2.75, 3.05) is 46.2 Å². The highest BCUT2D eigenvalue weighted by Crippen LogP contribution is 2.40. The van der Waals surface area contributed by atoms with E-state index in [1.165, 1.54) is 46.3 Å². The molecule has 5 aromatic carbocycles. The maximum Gasteiger partial charge on any atom is 0.272 e. The molecular formula is C41H39N3O8S. The van der Waals surface area contributed by atoms with E-state index in [1.54, 1.807) is 86.0 Å². The van der Waals surface area contributed by atoms with E-state index in [9.17, 15) is 14.4 Å². The fourth-order valence-electron chi connectivity index (χ4n) is 5.28. The van der Waals surface area contributed by atoms with Crippen LogP contribution < -0.4 is 39.6 Å². The standard InChI is InChI=1S/C41H39N3O8S/c1-48-30-19-20-32(34(25-30)49-2)43-41(47)38(27-13-8-6-9-14-27)53-31-18-12-17-29(24-31)42-40(46)33(44-39(45)28-15-10-7-11-16-28)21-26-22-35(50-3)37(52-5)36(23-26)51-4/h6-25,38H,1-5H3,(H,42,46)(H,43,47)(H,44,45)/b33-21+. The third kappa shape index (κ3) is 9.69. The predicted octanol–water partition coefficient (Wildman–Crippen LogP) is 7.61. The fourth-order valence-corrected chi connectivity index (χ4v) is 6.36. The van der Waals surface area contributed by atoms with E-state index < -0.39 is 17.1 Å². The van der Waals surface area contributed by atoms with E-state index in [0.29, 0.717) is 56.1 Å². The van der Waals surface area contributed by atoms with Crippen LogP contribution >= 0.6 is 11.8 Å². The molecule has 0 bridgehead atoms. The minimum atomic E-state index is -0.672. The van der Waals surface area contributed by atoms with E-state index in [4.69, 9.17) is 23.7 Å². The molecule has 5 aromatic rings. The zero-order valence-corrected chi connectivity index (χ0v) is 30.6. The second kappa shape index (κ2) is 18.2. The van der Waals surface area contributed by atoms with Gasteiger partial charge in [0, 0.05) is 22.2 Å². The number of methoxy groups -OCH3 is 5. The topological polar surface area (TPSA) is 133 Å². The van der Waals surface area contributed by atoms with Gasteiger partial charge in [0.05, 0.1) is 41.2 Å². The third-order valence-corrected chi connectivity index (χ3v) is 9.13. The number of hydrogen-bond donors (Lipinski definition) is 3. The molecule has 0 spiro atoms. The van der Waals surface area contributed by atoms with Crippen LogP contribution in [0.4, 0.5) is 11.4 Å². The summed E-state index contributed by atoms with van der Waals surface area (Å²) in [6, 6.07) is 33.5. The number of anilines is 2. The first kappa shape index (κ1) is 37.8. The summed E-state index contributed by atoms with van der Waals surface area (Å²) in [6.07, 6.45) is 1.52. The maximum absolute atomic E-state index is 13.9. The molecule has 0 aliphatic carbocycles. The average Bonchev–Trinajstić information content (AvgIpc) is 3.20. The number of carbonyl (C=O) groups excluding carboxylic acids is 3. The van der Waals surface area contributed by atoms with Crippen molar-refractivity contribution in [3.05, 3.63) is 138 Å². The molecule has 5 rings (SSSR count). The van der Waals surface area contributed by atoms with Crippen molar-refractivity contribution in [2.24, 2.45) is 0 Å². The van der Waals surface area contributed by atoms with Crippen molar-refractivity contribution < 1.29 is 38.1 Å². The number of rotatable bonds is 15. The van der Waals surface area contributed by atoms with E-state index in [-0.39, 0.29) is 11.6 Å². The van der Waals surface area contributed by atoms with Crippen LogP contribution in [0.5, 0.6) is 28.7 Å². The molecule has 3 amide bonds. The second-order valence-electron chi connectivity index (χ2n) is 11.3. The predicted molar refractivity (Wildman–Crippen MR) is 206 cm³/mol. The van der Waals surface area contributed by atoms with Gasteiger partial charge in [0.25, 0.3) is 11.8 Å². The van der Waals surface area contributed by atoms with Gasteiger partial charge in [0.1, 0.15) is 22.4 Å². The summed E-state index contributed by atoms with van der Waals surface area (Å²) in [5, 5.41) is 7.96. The smallest absolute Gasteiger partial charge is 0.272 e. The molecule has 0 fully saturated rings. The highest BCUT2D eigenvalue weighted by Gasteiger charge is 2.24. The van der Waals surface area contributed by atoms with Crippen LogP contribution in [0.15, 0.2) is 126 Å². The van der Waals surface area contributed by atoms with Crippen LogP contribution in [0.2, 0.25) is 0 Å². The normalized spacial score (nSPS) is 11.5. The Bertz CT molecular complexity index is 2070. The van der Waals surface area contributed by atoms with E-state index >= 15 is 0 Å². The van der Waals surface area contributed by atoms with Gasteiger partial charge in [-0.15, -0.1) is 11.8 Å². The third-order valence-electron chi connectivity index (χ3n) is 7.88. The molecule has 11 nitrogen and oxygen atoms in total. The van der Waals surface area contributed by atoms with Crippen LogP contribution in [0.25, 0.3) is 6.08 Å². The summed E-state index contributed by atoms with van der Waals surface area (Å²) in [6.45, 7) is 0. The quantitative estimate of drug-likeness (QED) is 0.0735. The van der Waals surface area contributed by atoms with Crippen LogP contribution in [-0.4, -0.2) is 53.3 Å². The summed E-state index contributed by atoms with van der Waals surface area (Å²) in [5.74, 6) is 0.828. The lowest BCUT2D eigenvalue weighted by Crippen LogP contribution is -2.30. The summed E-state index contributed by atoms with van der Waals surface area (Å²) >= 11 is 1.31. The highest BCUT2D eigenvalue weighted by molar-refractivity contribution is 8.00. The molecule has 0 saturated heterocycles. The molecule has 1 atom stereocenters. The number of thioether (sulfide) groups is 1. The molecule has 0 aliphatic rings. The molecule has 0 aliphatic heterocycles. The average molecular weight is 734 g/mol. The summed E-state index contributed by atoms with van der Waals surface area (Å²) in [4.78, 5) is 41.7. The van der Waals surface area contributed by atoms with Gasteiger partial charge < -0.3 is 39.6 Å². The van der Waals surface area contributed by atoms with E-state index in [1.807, 2.05) is 36.4 Å². The molecular weight excluding hydrogens is 695 g/mol. The van der Waals surface area contributed by atoms with Crippen LogP contribution in [-0.2, 0) is 9.59 Å². The van der Waals surface area contributed by atoms with Crippen molar-refractivity contribution in [1.82, 2.24) is 5.32 Å². The lowest BCUT2D eigenvalue weighted by atomic mass is 10.1. The van der Waals surface area contributed by atoms with Gasteiger partial charge in [0.2, 0.25) is 11.7 Å². The Morgan fingerprint density at radius 1 is 0.642 bits per heavy atom. The first-order chi connectivity index (χ1) is 25.8. The molecule has 0 aromatic heterocycles. The Morgan fingerprint density at radius 2 is 1.30 bits per heavy atom. The van der Waals surface area contributed by atoms with E-state index in [0.717, 1.165) is 5.56 Å². The van der Waals surface area contributed by atoms with Crippen LogP contribution in [0.1, 0.15) is 26.7 Å². The number of ether oxygens (including phenoxy) is 5. The van der Waals surface area contributed by atoms with Crippen molar-refractivity contribution in [3.63, 3.8) is 0 Å². The lowest BCUT2D eigenvalue weighted by molar-refractivity contribution is -0.116. The highest BCUT2D eigenvalue weighted by atomic mass is 32.2. The summed E-state index contributed by atoms with van der Waals surface area (Å²) in [7, 11) is 7.55. The maximum atomic E-state index is 13.9. The Labute approximate surface area is 312 Å². The van der Waals surface area contributed by atoms with Gasteiger partial charge in [0.15, 0.2) is 11.5 Å². The van der Waals surface area contributed by atoms with Crippen molar-refractivity contribution >= 4 is 46.9 Å². The summed E-state index contributed by atoms with van der Waals surface area (Å²) < 4.78 is 27.2. The summed E-state index contributed by atoms with van der Waals surface area (Å²) in [5.41, 5.74) is 2.54. The Balaban J connectivity index is 1.43. The SMILES string of the molecule is COc1ccc(NC(=O)C(Sc2cccc(NC(=O)/C(=C\c3cc(OC)c(OC)c(OC)c3)NC(=O)c3ccccc3)c2)c2ccccc2)c(OC)c1. The van der Waals surface area contributed by atoms with Gasteiger partial charge in [-0.2, -0.15) is 0 Å². The monoisotopic (exact) mass is 733 g/mol. The van der Waals surface area contributed by atoms with Gasteiger partial charge in [-0.25, -0.2) is 0 Å². The zero-order chi connectivity index (χ0) is 37.7. The van der Waals surface area contributed by atoms with Crippen molar-refractivity contribution in [2.45, 2.75) is 10.1 Å². The molecule has 0 saturated carbocycles. The minimum Gasteiger partial charge on any atom is -0.497 e. The molecule has 1 unspecified atom stereocenters. The number of hydrogen-bond acceptors (Lipinski definition) is 9. The van der Waals surface area contributed by atoms with Gasteiger partial charge in [-0.3, -0.25) is 14.4 Å². The van der Waals surface area contributed by atoms with E-state index in [2.05, 4.69) is 16.0 Å². The molecule has 272 valence electrons. The molecule has 53 heavy (non-hydrogen) atoms. The molecule has 12 heteroatoms. The van der Waals surface area contributed by atoms with Gasteiger partial charge >= 0.3 is 0 Å². The Kier molecular flexibility index (Phi) is 13.0. The molecule has 0 heterocycles. The van der Waals surface area contributed by atoms with Gasteiger partial charge in [-0.1, -0.05) is 54.6 Å². The Hall–Kier alpha value is -6.40. The van der Waals surface area contributed by atoms with Crippen LogP contribution in [0.3, 0.4) is 0 Å². The van der Waals surface area contributed by atoms with Crippen molar-refractivity contribution in [1.29, 1.82) is 0 Å². The largest absolute Gasteiger partial charge is 0.497 e. The Morgan fingerprint density at radius 3 is 1.92 bits per heavy atom. The number of benzene rings is 5. The van der Waals surface area contributed by atoms with Gasteiger partial charge in [-0.05, 0) is 71.8 Å². The first-order valence-corrected chi connectivity index (χ1v) is 17.2. The fraction of sp³-hybridized carbons (Fsp3) is 0.146. The van der Waals surface area contributed by atoms with Crippen LogP contribution in [0, 0.1) is 0 Å². The minimum absolute atomic E-state index is 0.0406.